The average Bonchev–Trinajstić information content (AvgIpc) is 2.82. The van der Waals surface area contributed by atoms with Gasteiger partial charge in [-0.1, -0.05) is 20.3 Å². The van der Waals surface area contributed by atoms with Crippen LogP contribution in [0.15, 0.2) is 12.1 Å². The maximum Gasteiger partial charge on any atom is 0.200 e. The van der Waals surface area contributed by atoms with E-state index in [1.54, 1.807) is 0 Å². The molecule has 92 valence electrons. The number of hydrogen-bond donors (Lipinski definition) is 0. The van der Waals surface area contributed by atoms with Crippen LogP contribution in [0.1, 0.15) is 27.2 Å². The molecule has 2 aromatic rings. The van der Waals surface area contributed by atoms with Gasteiger partial charge < -0.3 is 4.90 Å². The number of nitrogens with zero attached hydrogens (tertiary/aromatic N) is 6. The molecule has 0 fully saturated rings. The zero-order chi connectivity index (χ0) is 12.3. The molecule has 0 aliphatic heterocycles. The Morgan fingerprint density at radius 1 is 1.35 bits per heavy atom. The first kappa shape index (κ1) is 11.8. The Bertz CT molecular complexity index is 480. The maximum atomic E-state index is 4.40. The molecule has 0 amide bonds. The van der Waals surface area contributed by atoms with Crippen LogP contribution in [0.25, 0.3) is 5.65 Å². The Kier molecular flexibility index (Phi) is 3.51. The van der Waals surface area contributed by atoms with Crippen LogP contribution < -0.4 is 4.90 Å². The van der Waals surface area contributed by atoms with Crippen molar-refractivity contribution in [1.82, 2.24) is 25.3 Å². The minimum atomic E-state index is 0.654. The Hall–Kier alpha value is -1.72. The molecule has 6 heteroatoms. The Morgan fingerprint density at radius 2 is 2.18 bits per heavy atom. The summed E-state index contributed by atoms with van der Waals surface area (Å²) >= 11 is 0. The van der Waals surface area contributed by atoms with Gasteiger partial charge in [0.2, 0.25) is 0 Å². The van der Waals surface area contributed by atoms with E-state index in [-0.39, 0.29) is 0 Å². The molecule has 0 aliphatic carbocycles. The summed E-state index contributed by atoms with van der Waals surface area (Å²) in [5.74, 6) is 1.58. The van der Waals surface area contributed by atoms with Crippen molar-refractivity contribution in [3.63, 3.8) is 0 Å². The Balaban J connectivity index is 2.23. The molecular formula is C11H18N6. The molecule has 0 aromatic carbocycles. The number of rotatable bonds is 5. The predicted octanol–water partition coefficient (Wildman–Crippen LogP) is 1.39. The van der Waals surface area contributed by atoms with E-state index in [1.165, 1.54) is 11.1 Å². The Morgan fingerprint density at radius 3 is 2.88 bits per heavy atom. The van der Waals surface area contributed by atoms with E-state index in [9.17, 15) is 0 Å². The van der Waals surface area contributed by atoms with Gasteiger partial charge in [-0.2, -0.15) is 0 Å². The van der Waals surface area contributed by atoms with Crippen molar-refractivity contribution in [3.8, 4) is 0 Å². The fourth-order valence-corrected chi connectivity index (χ4v) is 1.70. The predicted molar refractivity (Wildman–Crippen MR) is 65.9 cm³/mol. The van der Waals surface area contributed by atoms with Gasteiger partial charge in [-0.3, -0.25) is 0 Å². The number of aromatic nitrogens is 5. The number of fused-ring (bicyclic) bond motifs is 1. The lowest BCUT2D eigenvalue weighted by molar-refractivity contribution is 0.542. The van der Waals surface area contributed by atoms with Gasteiger partial charge >= 0.3 is 0 Å². The fraction of sp³-hybridized carbons (Fsp3) is 0.636. The summed E-state index contributed by atoms with van der Waals surface area (Å²) in [6.45, 7) is 8.53. The van der Waals surface area contributed by atoms with E-state index in [4.69, 9.17) is 0 Å². The van der Waals surface area contributed by atoms with Crippen molar-refractivity contribution in [2.45, 2.75) is 27.2 Å². The van der Waals surface area contributed by atoms with E-state index in [1.807, 2.05) is 12.1 Å². The lowest BCUT2D eigenvalue weighted by atomic mass is 10.1. The molecule has 2 aromatic heterocycles. The summed E-state index contributed by atoms with van der Waals surface area (Å²) in [6, 6.07) is 3.86. The molecule has 0 spiro atoms. The van der Waals surface area contributed by atoms with Crippen LogP contribution >= 0.6 is 0 Å². The molecule has 0 radical (unpaired) electrons. The zero-order valence-electron chi connectivity index (χ0n) is 10.5. The number of hydrogen-bond acceptors (Lipinski definition) is 5. The number of anilines is 1. The van der Waals surface area contributed by atoms with E-state index < -0.39 is 0 Å². The van der Waals surface area contributed by atoms with Crippen molar-refractivity contribution in [2.24, 2.45) is 5.92 Å². The van der Waals surface area contributed by atoms with Crippen molar-refractivity contribution >= 4 is 11.5 Å². The molecule has 2 rings (SSSR count). The second-order valence-electron chi connectivity index (χ2n) is 4.27. The zero-order valence-corrected chi connectivity index (χ0v) is 10.5. The molecule has 0 aliphatic rings. The summed E-state index contributed by atoms with van der Waals surface area (Å²) < 4.78 is 1.47. The van der Waals surface area contributed by atoms with E-state index in [2.05, 4.69) is 46.3 Å². The molecular weight excluding hydrogens is 216 g/mol. The maximum absolute atomic E-state index is 4.40. The van der Waals surface area contributed by atoms with Crippen LogP contribution in [-0.4, -0.2) is 38.3 Å². The van der Waals surface area contributed by atoms with Crippen LogP contribution in [0.3, 0.4) is 0 Å². The van der Waals surface area contributed by atoms with Crippen molar-refractivity contribution in [1.29, 1.82) is 0 Å². The first-order chi connectivity index (χ1) is 8.24. The molecule has 17 heavy (non-hydrogen) atoms. The smallest absolute Gasteiger partial charge is 0.200 e. The lowest BCUT2D eigenvalue weighted by Gasteiger charge is -2.24. The Labute approximate surface area is 101 Å². The molecule has 0 bridgehead atoms. The second-order valence-corrected chi connectivity index (χ2v) is 4.27. The van der Waals surface area contributed by atoms with E-state index in [0.29, 0.717) is 11.6 Å². The van der Waals surface area contributed by atoms with Gasteiger partial charge in [0.25, 0.3) is 0 Å². The molecule has 6 nitrogen and oxygen atoms in total. The summed E-state index contributed by atoms with van der Waals surface area (Å²) in [5, 5.41) is 15.6. The van der Waals surface area contributed by atoms with E-state index >= 15 is 0 Å². The van der Waals surface area contributed by atoms with Gasteiger partial charge in [0.1, 0.15) is 0 Å². The van der Waals surface area contributed by atoms with Crippen LogP contribution in [0.5, 0.6) is 0 Å². The summed E-state index contributed by atoms with van der Waals surface area (Å²) in [7, 11) is 0. The minimum absolute atomic E-state index is 0.654. The van der Waals surface area contributed by atoms with Gasteiger partial charge in [-0.05, 0) is 35.4 Å². The normalized spacial score (nSPS) is 12.9. The van der Waals surface area contributed by atoms with Gasteiger partial charge in [-0.25, -0.2) is 0 Å². The summed E-state index contributed by atoms with van der Waals surface area (Å²) in [5.41, 5.74) is 0.674. The first-order valence-corrected chi connectivity index (χ1v) is 6.05. The molecule has 0 N–H and O–H groups in total. The lowest BCUT2D eigenvalue weighted by Crippen LogP contribution is -2.29. The molecule has 1 unspecified atom stereocenters. The SMILES string of the molecule is CCC(C)CN(CC)c1ccc2nnnn2n1. The van der Waals surface area contributed by atoms with Gasteiger partial charge in [0.05, 0.1) is 0 Å². The summed E-state index contributed by atoms with van der Waals surface area (Å²) in [4.78, 5) is 2.25. The van der Waals surface area contributed by atoms with Crippen molar-refractivity contribution < 1.29 is 0 Å². The third-order valence-electron chi connectivity index (χ3n) is 2.99. The average molecular weight is 234 g/mol. The van der Waals surface area contributed by atoms with Gasteiger partial charge in [0.15, 0.2) is 11.5 Å². The molecule has 0 saturated carbocycles. The van der Waals surface area contributed by atoms with E-state index in [0.717, 1.165) is 18.9 Å². The van der Waals surface area contributed by atoms with Crippen LogP contribution in [0.4, 0.5) is 5.82 Å². The summed E-state index contributed by atoms with van der Waals surface area (Å²) in [6.07, 6.45) is 1.17. The second kappa shape index (κ2) is 5.07. The highest BCUT2D eigenvalue weighted by atomic mass is 15.6. The quantitative estimate of drug-likeness (QED) is 0.782. The molecule has 0 saturated heterocycles. The third kappa shape index (κ3) is 2.51. The topological polar surface area (TPSA) is 59.2 Å². The van der Waals surface area contributed by atoms with Crippen molar-refractivity contribution in [3.05, 3.63) is 12.1 Å². The molecule has 1 atom stereocenters. The monoisotopic (exact) mass is 234 g/mol. The first-order valence-electron chi connectivity index (χ1n) is 6.05. The number of tetrazole rings is 1. The van der Waals surface area contributed by atoms with Crippen LogP contribution in [0.2, 0.25) is 0 Å². The minimum Gasteiger partial charge on any atom is -0.355 e. The van der Waals surface area contributed by atoms with Crippen LogP contribution in [-0.2, 0) is 0 Å². The highest BCUT2D eigenvalue weighted by Crippen LogP contribution is 2.13. The largest absolute Gasteiger partial charge is 0.355 e. The highest BCUT2D eigenvalue weighted by molar-refractivity contribution is 5.44. The van der Waals surface area contributed by atoms with Gasteiger partial charge in [-0.15, -0.1) is 14.8 Å². The fourth-order valence-electron chi connectivity index (χ4n) is 1.70. The van der Waals surface area contributed by atoms with Crippen molar-refractivity contribution in [2.75, 3.05) is 18.0 Å². The molecule has 2 heterocycles. The third-order valence-corrected chi connectivity index (χ3v) is 2.99. The standard InChI is InChI=1S/C11H18N6/c1-4-9(3)8-16(5-2)11-7-6-10-12-14-15-17(10)13-11/h6-7,9H,4-5,8H2,1-3H3. The highest BCUT2D eigenvalue weighted by Gasteiger charge is 2.11. The van der Waals surface area contributed by atoms with Crippen LogP contribution in [0, 0.1) is 5.92 Å². The van der Waals surface area contributed by atoms with Gasteiger partial charge in [0, 0.05) is 13.1 Å².